The monoisotopic (exact) mass is 421 g/mol. The third kappa shape index (κ3) is 3.95. The molecule has 1 aliphatic heterocycles. The van der Waals surface area contributed by atoms with Crippen molar-refractivity contribution in [3.05, 3.63) is 59.8 Å². The van der Waals surface area contributed by atoms with Crippen molar-refractivity contribution in [2.75, 3.05) is 7.11 Å². The van der Waals surface area contributed by atoms with E-state index in [1.54, 1.807) is 23.9 Å². The van der Waals surface area contributed by atoms with Gasteiger partial charge in [-0.2, -0.15) is 0 Å². The number of aryl methyl sites for hydroxylation is 1. The molecule has 1 aliphatic rings. The number of amides is 3. The minimum absolute atomic E-state index is 0.0315. The molecular weight excluding hydrogens is 394 g/mol. The average molecular weight is 421 g/mol. The molecule has 0 radical (unpaired) electrons. The number of nitrogens with one attached hydrogen (secondary N) is 2. The number of hydrogen-bond donors (Lipinski definition) is 3. The smallest absolute Gasteiger partial charge is 0.322 e. The normalized spacial score (nSPS) is 18.5. The second-order valence-electron chi connectivity index (χ2n) is 8.42. The highest BCUT2D eigenvalue weighted by Gasteiger charge is 2.46. The lowest BCUT2D eigenvalue weighted by Gasteiger charge is -2.27. The van der Waals surface area contributed by atoms with Crippen molar-refractivity contribution in [2.24, 2.45) is 0 Å². The van der Waals surface area contributed by atoms with Gasteiger partial charge in [0.05, 0.1) is 13.7 Å². The van der Waals surface area contributed by atoms with Crippen molar-refractivity contribution >= 4 is 22.7 Å². The highest BCUT2D eigenvalue weighted by atomic mass is 16.5. The number of ether oxygens (including phenoxy) is 1. The number of urea groups is 1. The molecule has 0 bridgehead atoms. The molecule has 0 spiro atoms. The highest BCUT2D eigenvalue weighted by Crippen LogP contribution is 2.33. The molecule has 4 rings (SSSR count). The Morgan fingerprint density at radius 3 is 2.65 bits per heavy atom. The molecule has 3 aromatic rings. The lowest BCUT2D eigenvalue weighted by molar-refractivity contribution is -0.124. The van der Waals surface area contributed by atoms with E-state index in [9.17, 15) is 14.7 Å². The third-order valence-corrected chi connectivity index (χ3v) is 5.98. The molecule has 2 aromatic carbocycles. The fourth-order valence-electron chi connectivity index (χ4n) is 4.12. The SMILES string of the molecule is COc1ccc2cn(C[C@@]3(CCc4cccc(C(C)C)c4)NC(=O)NC3=O)c(O)c2c1. The zero-order valence-electron chi connectivity index (χ0n) is 17.9. The fraction of sp³-hybridized carbons (Fsp3) is 0.333. The quantitative estimate of drug-likeness (QED) is 0.507. The lowest BCUT2D eigenvalue weighted by atomic mass is 9.90. The van der Waals surface area contributed by atoms with E-state index in [1.807, 2.05) is 24.3 Å². The Labute approximate surface area is 181 Å². The van der Waals surface area contributed by atoms with Crippen LogP contribution in [-0.2, 0) is 17.8 Å². The van der Waals surface area contributed by atoms with Crippen LogP contribution in [0.4, 0.5) is 4.79 Å². The summed E-state index contributed by atoms with van der Waals surface area (Å²) in [7, 11) is 1.57. The van der Waals surface area contributed by atoms with Gasteiger partial charge in [0, 0.05) is 17.0 Å². The number of nitrogens with zero attached hydrogens (tertiary/aromatic N) is 1. The number of methoxy groups -OCH3 is 1. The van der Waals surface area contributed by atoms with Crippen molar-refractivity contribution in [1.29, 1.82) is 0 Å². The Balaban J connectivity index is 1.64. The standard InChI is InChI=1S/C24H27N3O4/c1-15(2)17-6-4-5-16(11-17)9-10-24(22(29)25-23(30)26-24)14-27-13-18-7-8-19(31-3)12-20(18)21(27)28/h4-8,11-13,15,28H,9-10,14H2,1-3H3,(H2,25,26,29,30)/t24-/m1/s1. The van der Waals surface area contributed by atoms with E-state index < -0.39 is 11.6 Å². The van der Waals surface area contributed by atoms with Crippen LogP contribution in [0.3, 0.4) is 0 Å². The lowest BCUT2D eigenvalue weighted by Crippen LogP contribution is -2.50. The van der Waals surface area contributed by atoms with E-state index in [1.165, 1.54) is 5.56 Å². The number of benzene rings is 2. The minimum atomic E-state index is -1.15. The third-order valence-electron chi connectivity index (χ3n) is 5.98. The minimum Gasteiger partial charge on any atom is -0.497 e. The molecule has 3 amide bonds. The second kappa shape index (κ2) is 7.98. The number of fused-ring (bicyclic) bond motifs is 1. The molecule has 7 nitrogen and oxygen atoms in total. The van der Waals surface area contributed by atoms with Gasteiger partial charge in [-0.1, -0.05) is 38.1 Å². The fourth-order valence-corrected chi connectivity index (χ4v) is 4.12. The van der Waals surface area contributed by atoms with E-state index in [-0.39, 0.29) is 18.3 Å². The summed E-state index contributed by atoms with van der Waals surface area (Å²) < 4.78 is 6.85. The zero-order chi connectivity index (χ0) is 22.2. The first-order valence-electron chi connectivity index (χ1n) is 10.4. The molecule has 0 aliphatic carbocycles. The highest BCUT2D eigenvalue weighted by molar-refractivity contribution is 6.07. The van der Waals surface area contributed by atoms with E-state index in [4.69, 9.17) is 4.74 Å². The van der Waals surface area contributed by atoms with Crippen LogP contribution >= 0.6 is 0 Å². The van der Waals surface area contributed by atoms with Crippen LogP contribution < -0.4 is 15.4 Å². The van der Waals surface area contributed by atoms with E-state index in [0.29, 0.717) is 29.9 Å². The largest absolute Gasteiger partial charge is 0.497 e. The molecule has 1 aromatic heterocycles. The summed E-state index contributed by atoms with van der Waals surface area (Å²) >= 11 is 0. The van der Waals surface area contributed by atoms with Gasteiger partial charge in [-0.3, -0.25) is 10.1 Å². The molecule has 3 N–H and O–H groups in total. The molecule has 1 saturated heterocycles. The van der Waals surface area contributed by atoms with Gasteiger partial charge in [-0.05, 0) is 48.1 Å². The summed E-state index contributed by atoms with van der Waals surface area (Å²) in [5.41, 5.74) is 1.18. The molecule has 31 heavy (non-hydrogen) atoms. The van der Waals surface area contributed by atoms with Crippen molar-refractivity contribution in [3.63, 3.8) is 0 Å². The van der Waals surface area contributed by atoms with Gasteiger partial charge in [0.25, 0.3) is 5.91 Å². The number of hydrogen-bond acceptors (Lipinski definition) is 4. The topological polar surface area (TPSA) is 92.6 Å². The van der Waals surface area contributed by atoms with Crippen LogP contribution in [0.25, 0.3) is 10.8 Å². The number of carbonyl (C=O) groups excluding carboxylic acids is 2. The van der Waals surface area contributed by atoms with Crippen molar-refractivity contribution in [3.8, 4) is 11.6 Å². The van der Waals surface area contributed by atoms with Crippen LogP contribution in [-0.4, -0.2) is 34.3 Å². The van der Waals surface area contributed by atoms with Crippen LogP contribution in [0, 0.1) is 0 Å². The van der Waals surface area contributed by atoms with Crippen molar-refractivity contribution in [1.82, 2.24) is 15.2 Å². The predicted octanol–water partition coefficient (Wildman–Crippen LogP) is 3.69. The van der Waals surface area contributed by atoms with Crippen LogP contribution in [0.15, 0.2) is 48.7 Å². The molecule has 1 fully saturated rings. The molecule has 162 valence electrons. The first-order valence-corrected chi connectivity index (χ1v) is 10.4. The van der Waals surface area contributed by atoms with Gasteiger partial charge in [0.2, 0.25) is 0 Å². The molecule has 0 saturated carbocycles. The maximum Gasteiger partial charge on any atom is 0.322 e. The first kappa shape index (κ1) is 20.8. The summed E-state index contributed by atoms with van der Waals surface area (Å²) in [6, 6.07) is 13.2. The Kier molecular flexibility index (Phi) is 5.35. The molecule has 7 heteroatoms. The van der Waals surface area contributed by atoms with Gasteiger partial charge in [0.15, 0.2) is 5.88 Å². The Morgan fingerprint density at radius 1 is 1.16 bits per heavy atom. The molecule has 0 unspecified atom stereocenters. The van der Waals surface area contributed by atoms with Gasteiger partial charge >= 0.3 is 6.03 Å². The Hall–Kier alpha value is -3.48. The number of carbonyl (C=O) groups is 2. The molecule has 2 heterocycles. The summed E-state index contributed by atoms with van der Waals surface area (Å²) in [5.74, 6) is 0.688. The van der Waals surface area contributed by atoms with Crippen LogP contribution in [0.2, 0.25) is 0 Å². The van der Waals surface area contributed by atoms with Gasteiger partial charge in [0.1, 0.15) is 11.3 Å². The molecular formula is C24H27N3O4. The molecule has 1 atom stereocenters. The van der Waals surface area contributed by atoms with Gasteiger partial charge < -0.3 is 19.7 Å². The van der Waals surface area contributed by atoms with Gasteiger partial charge in [-0.15, -0.1) is 0 Å². The summed E-state index contributed by atoms with van der Waals surface area (Å²) in [5, 5.41) is 17.4. The van der Waals surface area contributed by atoms with Crippen LogP contribution in [0.5, 0.6) is 11.6 Å². The Bertz CT molecular complexity index is 1150. The maximum absolute atomic E-state index is 12.8. The van der Waals surface area contributed by atoms with Gasteiger partial charge in [-0.25, -0.2) is 4.79 Å². The number of aromatic nitrogens is 1. The first-order chi connectivity index (χ1) is 14.8. The maximum atomic E-state index is 12.8. The number of imide groups is 1. The summed E-state index contributed by atoms with van der Waals surface area (Å²) in [4.78, 5) is 24.8. The second-order valence-corrected chi connectivity index (χ2v) is 8.42. The summed E-state index contributed by atoms with van der Waals surface area (Å²) in [6.07, 6.45) is 2.80. The van der Waals surface area contributed by atoms with Crippen molar-refractivity contribution in [2.45, 2.75) is 44.7 Å². The Morgan fingerprint density at radius 2 is 1.97 bits per heavy atom. The summed E-state index contributed by atoms with van der Waals surface area (Å²) in [6.45, 7) is 4.40. The van der Waals surface area contributed by atoms with Crippen LogP contribution in [0.1, 0.15) is 37.3 Å². The zero-order valence-corrected chi connectivity index (χ0v) is 17.9. The average Bonchev–Trinajstić information content (AvgIpc) is 3.21. The van der Waals surface area contributed by atoms with E-state index in [2.05, 4.69) is 36.6 Å². The predicted molar refractivity (Wildman–Crippen MR) is 118 cm³/mol. The van der Waals surface area contributed by atoms with E-state index >= 15 is 0 Å². The number of rotatable bonds is 7. The van der Waals surface area contributed by atoms with Crippen molar-refractivity contribution < 1.29 is 19.4 Å². The van der Waals surface area contributed by atoms with E-state index in [0.717, 1.165) is 10.9 Å². The number of aromatic hydroxyl groups is 1.